The lowest BCUT2D eigenvalue weighted by atomic mass is 10.2. The van der Waals surface area contributed by atoms with Crippen molar-refractivity contribution in [2.75, 3.05) is 0 Å². The minimum Gasteiger partial charge on any atom is -0.486 e. The fourth-order valence-corrected chi connectivity index (χ4v) is 3.68. The van der Waals surface area contributed by atoms with Crippen LogP contribution in [0.4, 0.5) is 0 Å². The molecule has 0 amide bonds. The Morgan fingerprint density at radius 2 is 1.83 bits per heavy atom. The highest BCUT2D eigenvalue weighted by atomic mass is 79.9. The average molecular weight is 481 g/mol. The van der Waals surface area contributed by atoms with Gasteiger partial charge in [-0.3, -0.25) is 0 Å². The summed E-state index contributed by atoms with van der Waals surface area (Å²) in [6.07, 6.45) is 2.57. The second-order valence-electron chi connectivity index (χ2n) is 4.51. The Labute approximate surface area is 160 Å². The molecule has 0 saturated carbocycles. The molecule has 0 bridgehead atoms. The SMILES string of the molecule is O=C(O)C=Cc1cc(Br)c(OCc2ccc(Cl)cc2Cl)c(Br)c1. The minimum atomic E-state index is -1.00. The normalized spacial score (nSPS) is 11.0. The van der Waals surface area contributed by atoms with E-state index in [9.17, 15) is 4.79 Å². The molecule has 0 fully saturated rings. The summed E-state index contributed by atoms with van der Waals surface area (Å²) in [5.41, 5.74) is 1.53. The molecule has 1 N–H and O–H groups in total. The number of carboxylic acids is 1. The Balaban J connectivity index is 2.18. The van der Waals surface area contributed by atoms with Gasteiger partial charge in [0.2, 0.25) is 0 Å². The first-order valence-corrected chi connectivity index (χ1v) is 8.68. The zero-order valence-corrected chi connectivity index (χ0v) is 16.2. The van der Waals surface area contributed by atoms with Crippen molar-refractivity contribution in [3.63, 3.8) is 0 Å². The molecule has 0 radical (unpaired) electrons. The number of aliphatic carboxylic acids is 1. The summed E-state index contributed by atoms with van der Waals surface area (Å²) >= 11 is 18.8. The van der Waals surface area contributed by atoms with Crippen LogP contribution in [-0.2, 0) is 11.4 Å². The van der Waals surface area contributed by atoms with Crippen LogP contribution in [0.1, 0.15) is 11.1 Å². The molecule has 2 aromatic carbocycles. The first kappa shape index (κ1) is 18.3. The molecule has 120 valence electrons. The molecule has 0 spiro atoms. The molecule has 0 unspecified atom stereocenters. The number of benzene rings is 2. The molecule has 2 rings (SSSR count). The van der Waals surface area contributed by atoms with Gasteiger partial charge in [-0.2, -0.15) is 0 Å². The molecule has 0 atom stereocenters. The molecule has 0 aromatic heterocycles. The molecular formula is C16H10Br2Cl2O3. The van der Waals surface area contributed by atoms with Gasteiger partial charge in [-0.05, 0) is 67.8 Å². The second-order valence-corrected chi connectivity index (χ2v) is 7.06. The highest BCUT2D eigenvalue weighted by Gasteiger charge is 2.10. The van der Waals surface area contributed by atoms with E-state index in [1.54, 1.807) is 30.3 Å². The molecule has 7 heteroatoms. The van der Waals surface area contributed by atoms with Crippen LogP contribution in [0.25, 0.3) is 6.08 Å². The Kier molecular flexibility index (Phi) is 6.53. The summed E-state index contributed by atoms with van der Waals surface area (Å²) in [6, 6.07) is 8.74. The van der Waals surface area contributed by atoms with Gasteiger partial charge in [0, 0.05) is 21.7 Å². The Bertz CT molecular complexity index is 753. The van der Waals surface area contributed by atoms with Crippen molar-refractivity contribution in [1.82, 2.24) is 0 Å². The third kappa shape index (κ3) is 5.24. The van der Waals surface area contributed by atoms with Gasteiger partial charge in [-0.1, -0.05) is 29.3 Å². The molecule has 3 nitrogen and oxygen atoms in total. The molecule has 23 heavy (non-hydrogen) atoms. The fourth-order valence-electron chi connectivity index (χ4n) is 1.77. The zero-order chi connectivity index (χ0) is 17.0. The maximum absolute atomic E-state index is 10.6. The van der Waals surface area contributed by atoms with Gasteiger partial charge in [0.05, 0.1) is 8.95 Å². The van der Waals surface area contributed by atoms with Gasteiger partial charge in [0.15, 0.2) is 0 Å². The number of carbonyl (C=O) groups is 1. The van der Waals surface area contributed by atoms with E-state index in [0.29, 0.717) is 24.7 Å². The average Bonchev–Trinajstić information content (AvgIpc) is 2.46. The maximum atomic E-state index is 10.6. The van der Waals surface area contributed by atoms with Crippen molar-refractivity contribution < 1.29 is 14.6 Å². The summed E-state index contributed by atoms with van der Waals surface area (Å²) in [4.78, 5) is 10.6. The van der Waals surface area contributed by atoms with Crippen LogP contribution in [0.3, 0.4) is 0 Å². The third-order valence-corrected chi connectivity index (χ3v) is 4.59. The molecule has 0 aliphatic heterocycles. The molecule has 0 saturated heterocycles. The predicted octanol–water partition coefficient (Wildman–Crippen LogP) is 6.20. The lowest BCUT2D eigenvalue weighted by Crippen LogP contribution is -1.98. The van der Waals surface area contributed by atoms with Crippen LogP contribution < -0.4 is 4.74 Å². The van der Waals surface area contributed by atoms with Crippen molar-refractivity contribution in [3.05, 3.63) is 66.5 Å². The Hall–Kier alpha value is -1.01. The van der Waals surface area contributed by atoms with Gasteiger partial charge in [-0.25, -0.2) is 4.79 Å². The van der Waals surface area contributed by atoms with Crippen molar-refractivity contribution in [3.8, 4) is 5.75 Å². The van der Waals surface area contributed by atoms with E-state index in [1.807, 2.05) is 0 Å². The van der Waals surface area contributed by atoms with Gasteiger partial charge < -0.3 is 9.84 Å². The summed E-state index contributed by atoms with van der Waals surface area (Å²) in [5, 5.41) is 9.77. The van der Waals surface area contributed by atoms with Gasteiger partial charge >= 0.3 is 5.97 Å². The van der Waals surface area contributed by atoms with Crippen molar-refractivity contribution >= 4 is 67.1 Å². The van der Waals surface area contributed by atoms with E-state index < -0.39 is 5.97 Å². The van der Waals surface area contributed by atoms with Crippen LogP contribution in [-0.4, -0.2) is 11.1 Å². The quantitative estimate of drug-likeness (QED) is 0.518. The smallest absolute Gasteiger partial charge is 0.328 e. The lowest BCUT2D eigenvalue weighted by Gasteiger charge is -2.12. The molecule has 0 aliphatic carbocycles. The highest BCUT2D eigenvalue weighted by Crippen LogP contribution is 2.36. The van der Waals surface area contributed by atoms with E-state index in [2.05, 4.69) is 31.9 Å². The van der Waals surface area contributed by atoms with Crippen molar-refractivity contribution in [1.29, 1.82) is 0 Å². The third-order valence-electron chi connectivity index (χ3n) is 2.83. The molecular weight excluding hydrogens is 471 g/mol. The number of hydrogen-bond donors (Lipinski definition) is 1. The second kappa shape index (κ2) is 8.20. The summed E-state index contributed by atoms with van der Waals surface area (Å²) < 4.78 is 7.19. The topological polar surface area (TPSA) is 46.5 Å². The van der Waals surface area contributed by atoms with Crippen LogP contribution in [0.2, 0.25) is 10.0 Å². The van der Waals surface area contributed by atoms with Crippen molar-refractivity contribution in [2.45, 2.75) is 6.61 Å². The first-order valence-electron chi connectivity index (χ1n) is 6.33. The molecule has 2 aromatic rings. The van der Waals surface area contributed by atoms with Crippen molar-refractivity contribution in [2.24, 2.45) is 0 Å². The van der Waals surface area contributed by atoms with E-state index in [1.165, 1.54) is 6.08 Å². The van der Waals surface area contributed by atoms with Gasteiger partial charge in [0.25, 0.3) is 0 Å². The fraction of sp³-hybridized carbons (Fsp3) is 0.0625. The first-order chi connectivity index (χ1) is 10.9. The standard InChI is InChI=1S/C16H10Br2Cl2O3/c17-12-5-9(1-4-15(21)22)6-13(18)16(12)23-8-10-2-3-11(19)7-14(10)20/h1-7H,8H2,(H,21,22). The van der Waals surface area contributed by atoms with E-state index in [0.717, 1.165) is 17.2 Å². The monoisotopic (exact) mass is 478 g/mol. The number of hydrogen-bond acceptors (Lipinski definition) is 2. The Morgan fingerprint density at radius 1 is 1.17 bits per heavy atom. The number of carboxylic acid groups (broad SMARTS) is 1. The summed E-state index contributed by atoms with van der Waals surface area (Å²) in [5.74, 6) is -0.404. The van der Waals surface area contributed by atoms with E-state index in [4.69, 9.17) is 33.0 Å². The number of halogens is 4. The van der Waals surface area contributed by atoms with Crippen LogP contribution in [0, 0.1) is 0 Å². The zero-order valence-electron chi connectivity index (χ0n) is 11.5. The van der Waals surface area contributed by atoms with Crippen LogP contribution in [0.15, 0.2) is 45.4 Å². The maximum Gasteiger partial charge on any atom is 0.328 e. The molecule has 0 aliphatic rings. The van der Waals surface area contributed by atoms with E-state index >= 15 is 0 Å². The van der Waals surface area contributed by atoms with Gasteiger partial charge in [0.1, 0.15) is 12.4 Å². The number of ether oxygens (including phenoxy) is 1. The van der Waals surface area contributed by atoms with E-state index in [-0.39, 0.29) is 6.61 Å². The van der Waals surface area contributed by atoms with Crippen LogP contribution >= 0.6 is 55.1 Å². The summed E-state index contributed by atoms with van der Waals surface area (Å²) in [6.45, 7) is 0.275. The number of rotatable bonds is 5. The summed E-state index contributed by atoms with van der Waals surface area (Å²) in [7, 11) is 0. The van der Waals surface area contributed by atoms with Gasteiger partial charge in [-0.15, -0.1) is 0 Å². The van der Waals surface area contributed by atoms with Crippen LogP contribution in [0.5, 0.6) is 5.75 Å². The Morgan fingerprint density at radius 3 is 2.39 bits per heavy atom. The predicted molar refractivity (Wildman–Crippen MR) is 99.3 cm³/mol. The largest absolute Gasteiger partial charge is 0.486 e. The molecule has 0 heterocycles. The minimum absolute atomic E-state index is 0.275. The highest BCUT2D eigenvalue weighted by molar-refractivity contribution is 9.11. The lowest BCUT2D eigenvalue weighted by molar-refractivity contribution is -0.131.